The minimum absolute atomic E-state index is 0.00483. The monoisotopic (exact) mass is 523 g/mol. The second-order valence-corrected chi connectivity index (χ2v) is 9.28. The molecule has 1 aromatic carbocycles. The van der Waals surface area contributed by atoms with Gasteiger partial charge in [-0.05, 0) is 43.7 Å². The molecular weight excluding hydrogens is 502 g/mol. The number of thioether (sulfide) groups is 1. The van der Waals surface area contributed by atoms with Crippen LogP contribution >= 0.6 is 34.7 Å². The molecule has 2 amide bonds. The Balaban J connectivity index is 1.63. The summed E-state index contributed by atoms with van der Waals surface area (Å²) in [4.78, 5) is 36.8. The van der Waals surface area contributed by atoms with E-state index in [1.54, 1.807) is 49.7 Å². The van der Waals surface area contributed by atoms with Gasteiger partial charge in [0.25, 0.3) is 5.91 Å². The van der Waals surface area contributed by atoms with Crippen LogP contribution in [0.4, 0.5) is 5.00 Å². The maximum absolute atomic E-state index is 12.6. The summed E-state index contributed by atoms with van der Waals surface area (Å²) in [7, 11) is 1.77. The van der Waals surface area contributed by atoms with Crippen LogP contribution in [0.15, 0.2) is 29.4 Å². The van der Waals surface area contributed by atoms with Crippen LogP contribution < -0.4 is 15.8 Å². The molecule has 10 nitrogen and oxygen atoms in total. The second kappa shape index (κ2) is 11.4. The van der Waals surface area contributed by atoms with E-state index in [2.05, 4.69) is 15.5 Å². The Labute approximate surface area is 208 Å². The highest BCUT2D eigenvalue weighted by Gasteiger charge is 2.26. The number of halogens is 1. The van der Waals surface area contributed by atoms with Crippen LogP contribution in [0.1, 0.15) is 38.3 Å². The van der Waals surface area contributed by atoms with Crippen LogP contribution in [0.3, 0.4) is 0 Å². The number of anilines is 1. The van der Waals surface area contributed by atoms with E-state index in [1.807, 2.05) is 0 Å². The number of ether oxygens (including phenoxy) is 2. The standard InChI is InChI=1S/C21H22ClN5O5S2/c1-4-31-20(30)16-11(2)17(18(23)29)34-19(16)24-15(28)10-33-21-26-25-14(27(21)3)9-32-13-7-5-12(22)6-8-13/h5-8H,4,9-10H2,1-3H3,(H2,23,29)(H,24,28). The predicted molar refractivity (Wildman–Crippen MR) is 130 cm³/mol. The number of thiophene rings is 1. The lowest BCUT2D eigenvalue weighted by molar-refractivity contribution is -0.113. The number of nitrogens with zero attached hydrogens (tertiary/aromatic N) is 3. The number of aromatic nitrogens is 3. The summed E-state index contributed by atoms with van der Waals surface area (Å²) >= 11 is 7.97. The Bertz CT molecular complexity index is 1210. The number of carbonyl (C=O) groups excluding carboxylic acids is 3. The molecule has 0 aliphatic carbocycles. The number of benzene rings is 1. The number of nitrogens with two attached hydrogens (primary N) is 1. The van der Waals surface area contributed by atoms with E-state index in [1.165, 1.54) is 0 Å². The first-order valence-corrected chi connectivity index (χ1v) is 12.2. The zero-order chi connectivity index (χ0) is 24.8. The quantitative estimate of drug-likeness (QED) is 0.304. The third-order valence-electron chi connectivity index (χ3n) is 4.54. The number of hydrogen-bond donors (Lipinski definition) is 2. The molecule has 0 bridgehead atoms. The van der Waals surface area contributed by atoms with E-state index in [-0.39, 0.29) is 34.4 Å². The summed E-state index contributed by atoms with van der Waals surface area (Å²) < 4.78 is 12.5. The number of carbonyl (C=O) groups is 3. The average Bonchev–Trinajstić information content (AvgIpc) is 3.31. The number of amides is 2. The molecule has 2 aromatic heterocycles. The lowest BCUT2D eigenvalue weighted by Gasteiger charge is -2.08. The number of primary amides is 1. The number of nitrogens with one attached hydrogen (secondary N) is 1. The molecule has 3 rings (SSSR count). The molecule has 34 heavy (non-hydrogen) atoms. The summed E-state index contributed by atoms with van der Waals surface area (Å²) in [6.07, 6.45) is 0. The fourth-order valence-electron chi connectivity index (χ4n) is 2.85. The highest BCUT2D eigenvalue weighted by Crippen LogP contribution is 2.33. The molecule has 0 saturated carbocycles. The van der Waals surface area contributed by atoms with Crippen LogP contribution in [0, 0.1) is 6.92 Å². The highest BCUT2D eigenvalue weighted by molar-refractivity contribution is 7.99. The van der Waals surface area contributed by atoms with Crippen molar-refractivity contribution in [3.05, 3.63) is 51.1 Å². The van der Waals surface area contributed by atoms with Gasteiger partial charge in [-0.25, -0.2) is 4.79 Å². The van der Waals surface area contributed by atoms with E-state index in [0.29, 0.717) is 27.3 Å². The normalized spacial score (nSPS) is 10.7. The van der Waals surface area contributed by atoms with Crippen molar-refractivity contribution in [2.24, 2.45) is 12.8 Å². The first-order valence-electron chi connectivity index (χ1n) is 10.0. The van der Waals surface area contributed by atoms with Crippen LogP contribution in [0.25, 0.3) is 0 Å². The summed E-state index contributed by atoms with van der Waals surface area (Å²) in [5.41, 5.74) is 5.89. The van der Waals surface area contributed by atoms with Crippen molar-refractivity contribution < 1.29 is 23.9 Å². The maximum Gasteiger partial charge on any atom is 0.341 e. The first kappa shape index (κ1) is 25.5. The van der Waals surface area contributed by atoms with Crippen molar-refractivity contribution in [3.63, 3.8) is 0 Å². The van der Waals surface area contributed by atoms with Crippen molar-refractivity contribution in [2.45, 2.75) is 25.6 Å². The van der Waals surface area contributed by atoms with Crippen molar-refractivity contribution in [1.82, 2.24) is 14.8 Å². The minimum Gasteiger partial charge on any atom is -0.486 e. The molecule has 0 aliphatic rings. The van der Waals surface area contributed by atoms with Crippen molar-refractivity contribution in [2.75, 3.05) is 17.7 Å². The topological polar surface area (TPSA) is 138 Å². The molecule has 0 saturated heterocycles. The lowest BCUT2D eigenvalue weighted by atomic mass is 10.1. The Morgan fingerprint density at radius 3 is 2.59 bits per heavy atom. The molecule has 3 N–H and O–H groups in total. The minimum atomic E-state index is -0.685. The average molecular weight is 524 g/mol. The third kappa shape index (κ3) is 6.07. The first-order chi connectivity index (χ1) is 16.2. The Morgan fingerprint density at radius 1 is 1.24 bits per heavy atom. The van der Waals surface area contributed by atoms with Crippen LogP contribution in [0.5, 0.6) is 5.75 Å². The lowest BCUT2D eigenvalue weighted by Crippen LogP contribution is -2.17. The predicted octanol–water partition coefficient (Wildman–Crippen LogP) is 3.42. The zero-order valence-electron chi connectivity index (χ0n) is 18.6. The Kier molecular flexibility index (Phi) is 8.53. The van der Waals surface area contributed by atoms with Gasteiger partial charge in [-0.15, -0.1) is 21.5 Å². The van der Waals surface area contributed by atoms with Crippen LogP contribution in [-0.4, -0.2) is 44.9 Å². The third-order valence-corrected chi connectivity index (χ3v) is 7.04. The van der Waals surface area contributed by atoms with Gasteiger partial charge in [-0.2, -0.15) is 0 Å². The van der Waals surface area contributed by atoms with E-state index < -0.39 is 17.8 Å². The van der Waals surface area contributed by atoms with E-state index in [0.717, 1.165) is 23.1 Å². The summed E-state index contributed by atoms with van der Waals surface area (Å²) in [6.45, 7) is 3.59. The van der Waals surface area contributed by atoms with Crippen LogP contribution in [-0.2, 0) is 23.2 Å². The van der Waals surface area contributed by atoms with Gasteiger partial charge in [0.2, 0.25) is 5.91 Å². The zero-order valence-corrected chi connectivity index (χ0v) is 21.0. The molecular formula is C21H22ClN5O5S2. The number of rotatable bonds is 10. The smallest absolute Gasteiger partial charge is 0.341 e. The van der Waals surface area contributed by atoms with Gasteiger partial charge in [0, 0.05) is 12.1 Å². The second-order valence-electron chi connectivity index (χ2n) is 6.88. The fourth-order valence-corrected chi connectivity index (χ4v) is 4.77. The van der Waals surface area contributed by atoms with E-state index >= 15 is 0 Å². The van der Waals surface area contributed by atoms with Gasteiger partial charge in [0.05, 0.1) is 22.8 Å². The molecule has 0 spiro atoms. The van der Waals surface area contributed by atoms with Crippen LogP contribution in [0.2, 0.25) is 5.02 Å². The molecule has 2 heterocycles. The summed E-state index contributed by atoms with van der Waals surface area (Å²) in [5.74, 6) is -0.507. The molecule has 0 unspecified atom stereocenters. The van der Waals surface area contributed by atoms with Crippen molar-refractivity contribution >= 4 is 57.5 Å². The summed E-state index contributed by atoms with van der Waals surface area (Å²) in [6, 6.07) is 6.95. The Hall–Kier alpha value is -3.09. The number of esters is 1. The molecule has 0 fully saturated rings. The largest absolute Gasteiger partial charge is 0.486 e. The SMILES string of the molecule is CCOC(=O)c1c(NC(=O)CSc2nnc(COc3ccc(Cl)cc3)n2C)sc(C(N)=O)c1C. The highest BCUT2D eigenvalue weighted by atomic mass is 35.5. The fraction of sp³-hybridized carbons (Fsp3) is 0.286. The van der Waals surface area contributed by atoms with Gasteiger partial charge < -0.3 is 25.1 Å². The maximum atomic E-state index is 12.6. The molecule has 13 heteroatoms. The van der Waals surface area contributed by atoms with Gasteiger partial charge in [0.1, 0.15) is 17.4 Å². The molecule has 3 aromatic rings. The van der Waals surface area contributed by atoms with E-state index in [9.17, 15) is 14.4 Å². The van der Waals surface area contributed by atoms with Crippen molar-refractivity contribution in [3.8, 4) is 5.75 Å². The number of hydrogen-bond acceptors (Lipinski definition) is 9. The van der Waals surface area contributed by atoms with Gasteiger partial charge >= 0.3 is 5.97 Å². The van der Waals surface area contributed by atoms with E-state index in [4.69, 9.17) is 26.8 Å². The van der Waals surface area contributed by atoms with Crippen molar-refractivity contribution in [1.29, 1.82) is 0 Å². The summed E-state index contributed by atoms with van der Waals surface area (Å²) in [5, 5.41) is 12.2. The molecule has 0 aliphatic heterocycles. The molecule has 180 valence electrons. The molecule has 0 atom stereocenters. The van der Waals surface area contributed by atoms with Gasteiger partial charge in [-0.1, -0.05) is 23.4 Å². The van der Waals surface area contributed by atoms with Gasteiger partial charge in [0.15, 0.2) is 11.0 Å². The molecule has 0 radical (unpaired) electrons. The van der Waals surface area contributed by atoms with Gasteiger partial charge in [-0.3, -0.25) is 9.59 Å². The Morgan fingerprint density at radius 2 is 1.94 bits per heavy atom.